The molecule has 1 aromatic heterocycles. The first-order valence-electron chi connectivity index (χ1n) is 5.36. The second kappa shape index (κ2) is 5.82. The summed E-state index contributed by atoms with van der Waals surface area (Å²) in [5.74, 6) is 0.964. The SMILES string of the molecule is OCc1ccc(Oc2cc(CO)c(Cl)cn2)cc1. The smallest absolute Gasteiger partial charge is 0.219 e. The van der Waals surface area contributed by atoms with Crippen LogP contribution in [0.15, 0.2) is 36.5 Å². The summed E-state index contributed by atoms with van der Waals surface area (Å²) in [6.45, 7) is -0.171. The molecule has 0 spiro atoms. The van der Waals surface area contributed by atoms with Crippen molar-refractivity contribution in [1.29, 1.82) is 0 Å². The van der Waals surface area contributed by atoms with E-state index in [0.717, 1.165) is 5.56 Å². The van der Waals surface area contributed by atoms with Gasteiger partial charge in [0, 0.05) is 17.8 Å². The number of rotatable bonds is 4. The third-order valence-corrected chi connectivity index (χ3v) is 2.75. The van der Waals surface area contributed by atoms with Gasteiger partial charge in [0.25, 0.3) is 0 Å². The van der Waals surface area contributed by atoms with E-state index in [2.05, 4.69) is 4.98 Å². The maximum absolute atomic E-state index is 9.08. The number of hydrogen-bond donors (Lipinski definition) is 2. The summed E-state index contributed by atoms with van der Waals surface area (Å²) in [6.07, 6.45) is 1.44. The second-order valence-corrected chi connectivity index (χ2v) is 4.08. The lowest BCUT2D eigenvalue weighted by Gasteiger charge is -2.07. The molecular formula is C13H12ClNO3. The molecule has 0 bridgehead atoms. The fraction of sp³-hybridized carbons (Fsp3) is 0.154. The molecule has 2 rings (SSSR count). The van der Waals surface area contributed by atoms with Gasteiger partial charge in [-0.15, -0.1) is 0 Å². The van der Waals surface area contributed by atoms with Crippen molar-refractivity contribution in [3.05, 3.63) is 52.7 Å². The highest BCUT2D eigenvalue weighted by molar-refractivity contribution is 6.31. The van der Waals surface area contributed by atoms with Crippen LogP contribution in [-0.4, -0.2) is 15.2 Å². The van der Waals surface area contributed by atoms with Gasteiger partial charge in [-0.1, -0.05) is 23.7 Å². The topological polar surface area (TPSA) is 62.6 Å². The molecule has 0 aliphatic carbocycles. The Balaban J connectivity index is 2.17. The molecule has 0 fully saturated rings. The molecular weight excluding hydrogens is 254 g/mol. The van der Waals surface area contributed by atoms with E-state index in [9.17, 15) is 0 Å². The quantitative estimate of drug-likeness (QED) is 0.892. The van der Waals surface area contributed by atoms with E-state index in [4.69, 9.17) is 26.6 Å². The van der Waals surface area contributed by atoms with Gasteiger partial charge in [0.1, 0.15) is 5.75 Å². The maximum Gasteiger partial charge on any atom is 0.219 e. The number of pyridine rings is 1. The minimum atomic E-state index is -0.166. The van der Waals surface area contributed by atoms with Crippen LogP contribution < -0.4 is 4.74 Å². The van der Waals surface area contributed by atoms with Crippen LogP contribution in [0.4, 0.5) is 0 Å². The van der Waals surface area contributed by atoms with E-state index in [1.54, 1.807) is 30.3 Å². The number of aromatic nitrogens is 1. The zero-order valence-electron chi connectivity index (χ0n) is 9.51. The van der Waals surface area contributed by atoms with Crippen molar-refractivity contribution < 1.29 is 14.9 Å². The minimum absolute atomic E-state index is 0.00582. The van der Waals surface area contributed by atoms with Crippen molar-refractivity contribution in [2.45, 2.75) is 13.2 Å². The first-order chi connectivity index (χ1) is 8.72. The van der Waals surface area contributed by atoms with Crippen LogP contribution in [0.2, 0.25) is 5.02 Å². The van der Waals surface area contributed by atoms with Crippen LogP contribution in [0.25, 0.3) is 0 Å². The highest BCUT2D eigenvalue weighted by Crippen LogP contribution is 2.24. The van der Waals surface area contributed by atoms with E-state index < -0.39 is 0 Å². The standard InChI is InChI=1S/C13H12ClNO3/c14-12-6-15-13(5-10(12)8-17)18-11-3-1-9(7-16)2-4-11/h1-6,16-17H,7-8H2. The van der Waals surface area contributed by atoms with Crippen molar-refractivity contribution in [3.8, 4) is 11.6 Å². The largest absolute Gasteiger partial charge is 0.439 e. The summed E-state index contributed by atoms with van der Waals surface area (Å²) >= 11 is 5.83. The van der Waals surface area contributed by atoms with Gasteiger partial charge in [0.05, 0.1) is 18.2 Å². The molecule has 0 aliphatic rings. The van der Waals surface area contributed by atoms with Crippen LogP contribution in [0.3, 0.4) is 0 Å². The molecule has 0 saturated heterocycles. The van der Waals surface area contributed by atoms with Crippen LogP contribution in [-0.2, 0) is 13.2 Å². The molecule has 2 aromatic rings. The van der Waals surface area contributed by atoms with E-state index >= 15 is 0 Å². The predicted octanol–water partition coefficient (Wildman–Crippen LogP) is 2.51. The van der Waals surface area contributed by atoms with Gasteiger partial charge in [-0.2, -0.15) is 0 Å². The predicted molar refractivity (Wildman–Crippen MR) is 67.6 cm³/mol. The number of nitrogens with zero attached hydrogens (tertiary/aromatic N) is 1. The van der Waals surface area contributed by atoms with Gasteiger partial charge >= 0.3 is 0 Å². The first kappa shape index (κ1) is 12.8. The number of halogens is 1. The third kappa shape index (κ3) is 2.98. The van der Waals surface area contributed by atoms with Gasteiger partial charge < -0.3 is 14.9 Å². The summed E-state index contributed by atoms with van der Waals surface area (Å²) < 4.78 is 5.51. The molecule has 94 valence electrons. The molecule has 18 heavy (non-hydrogen) atoms. The Kier molecular flexibility index (Phi) is 4.15. The summed E-state index contributed by atoms with van der Waals surface area (Å²) in [6, 6.07) is 8.58. The second-order valence-electron chi connectivity index (χ2n) is 3.68. The molecule has 4 nitrogen and oxygen atoms in total. The van der Waals surface area contributed by atoms with Crippen molar-refractivity contribution in [3.63, 3.8) is 0 Å². The summed E-state index contributed by atoms with van der Waals surface area (Å²) in [7, 11) is 0. The van der Waals surface area contributed by atoms with Gasteiger partial charge in [-0.3, -0.25) is 0 Å². The zero-order chi connectivity index (χ0) is 13.0. The van der Waals surface area contributed by atoms with E-state index in [1.807, 2.05) is 0 Å². The molecule has 0 saturated carbocycles. The fourth-order valence-corrected chi connectivity index (χ4v) is 1.58. The molecule has 0 amide bonds. The van der Waals surface area contributed by atoms with Crippen molar-refractivity contribution in [2.24, 2.45) is 0 Å². The number of hydrogen-bond acceptors (Lipinski definition) is 4. The monoisotopic (exact) mass is 265 g/mol. The molecule has 5 heteroatoms. The normalized spacial score (nSPS) is 10.4. The Morgan fingerprint density at radius 1 is 1.11 bits per heavy atom. The zero-order valence-corrected chi connectivity index (χ0v) is 10.3. The molecule has 0 radical (unpaired) electrons. The Hall–Kier alpha value is -1.62. The minimum Gasteiger partial charge on any atom is -0.439 e. The van der Waals surface area contributed by atoms with Crippen LogP contribution in [0.5, 0.6) is 11.6 Å². The average Bonchev–Trinajstić information content (AvgIpc) is 2.42. The Morgan fingerprint density at radius 3 is 2.44 bits per heavy atom. The highest BCUT2D eigenvalue weighted by atomic mass is 35.5. The number of ether oxygens (including phenoxy) is 1. The maximum atomic E-state index is 9.08. The van der Waals surface area contributed by atoms with Gasteiger partial charge in [-0.05, 0) is 17.7 Å². The molecule has 0 aliphatic heterocycles. The van der Waals surface area contributed by atoms with Crippen LogP contribution >= 0.6 is 11.6 Å². The molecule has 0 atom stereocenters. The summed E-state index contributed by atoms with van der Waals surface area (Å²) in [4.78, 5) is 4.01. The third-order valence-electron chi connectivity index (χ3n) is 2.41. The average molecular weight is 266 g/mol. The number of aliphatic hydroxyl groups excluding tert-OH is 2. The Bertz CT molecular complexity index is 528. The summed E-state index contributed by atoms with van der Waals surface area (Å²) in [5, 5.41) is 18.4. The summed E-state index contributed by atoms with van der Waals surface area (Å²) in [5.41, 5.74) is 1.37. The Labute approximate surface area is 109 Å². The first-order valence-corrected chi connectivity index (χ1v) is 5.73. The van der Waals surface area contributed by atoms with Crippen LogP contribution in [0, 0.1) is 0 Å². The number of benzene rings is 1. The van der Waals surface area contributed by atoms with Gasteiger partial charge in [-0.25, -0.2) is 4.98 Å². The van der Waals surface area contributed by atoms with Crippen LogP contribution in [0.1, 0.15) is 11.1 Å². The molecule has 1 aromatic carbocycles. The van der Waals surface area contributed by atoms with E-state index in [-0.39, 0.29) is 13.2 Å². The fourth-order valence-electron chi connectivity index (χ4n) is 1.42. The van der Waals surface area contributed by atoms with Crippen molar-refractivity contribution >= 4 is 11.6 Å². The molecule has 2 N–H and O–H groups in total. The molecule has 1 heterocycles. The lowest BCUT2D eigenvalue weighted by Crippen LogP contribution is -1.92. The van der Waals surface area contributed by atoms with Gasteiger partial charge in [0.2, 0.25) is 5.88 Å². The lowest BCUT2D eigenvalue weighted by atomic mass is 10.2. The van der Waals surface area contributed by atoms with E-state index in [1.165, 1.54) is 6.20 Å². The van der Waals surface area contributed by atoms with Crippen molar-refractivity contribution in [1.82, 2.24) is 4.98 Å². The van der Waals surface area contributed by atoms with Crippen molar-refractivity contribution in [2.75, 3.05) is 0 Å². The van der Waals surface area contributed by atoms with E-state index in [0.29, 0.717) is 22.2 Å². The Morgan fingerprint density at radius 2 is 1.83 bits per heavy atom. The van der Waals surface area contributed by atoms with Gasteiger partial charge in [0.15, 0.2) is 0 Å². The highest BCUT2D eigenvalue weighted by Gasteiger charge is 2.04. The lowest BCUT2D eigenvalue weighted by molar-refractivity contribution is 0.280. The molecule has 0 unspecified atom stereocenters. The number of aliphatic hydroxyl groups is 2.